The lowest BCUT2D eigenvalue weighted by Crippen LogP contribution is -2.35. The van der Waals surface area contributed by atoms with Crippen LogP contribution in [0.2, 0.25) is 0 Å². The lowest BCUT2D eigenvalue weighted by molar-refractivity contribution is 0.00623. The summed E-state index contributed by atoms with van der Waals surface area (Å²) in [7, 11) is 0. The first-order chi connectivity index (χ1) is 16.7. The van der Waals surface area contributed by atoms with Crippen LogP contribution in [0.5, 0.6) is 5.75 Å². The highest BCUT2D eigenvalue weighted by Gasteiger charge is 2.43. The third kappa shape index (κ3) is 5.18. The number of hydrogen-bond acceptors (Lipinski definition) is 7. The summed E-state index contributed by atoms with van der Waals surface area (Å²) in [6.45, 7) is 6.70. The number of amides is 1. The summed E-state index contributed by atoms with van der Waals surface area (Å²) in [5, 5.41) is 4.15. The van der Waals surface area contributed by atoms with E-state index in [9.17, 15) is 9.59 Å². The van der Waals surface area contributed by atoms with E-state index < -0.39 is 11.6 Å². The van der Waals surface area contributed by atoms with Crippen molar-refractivity contribution in [3.8, 4) is 17.0 Å². The van der Waals surface area contributed by atoms with Gasteiger partial charge < -0.3 is 14.4 Å². The number of carbonyl (C=O) groups is 2. The summed E-state index contributed by atoms with van der Waals surface area (Å²) in [5.74, 6) is 1.06. The number of benzene rings is 1. The van der Waals surface area contributed by atoms with E-state index in [0.29, 0.717) is 24.9 Å². The molecule has 1 aliphatic heterocycles. The maximum absolute atomic E-state index is 13.0. The molecule has 182 valence electrons. The van der Waals surface area contributed by atoms with Gasteiger partial charge in [-0.05, 0) is 69.7 Å². The van der Waals surface area contributed by atoms with Gasteiger partial charge in [0.15, 0.2) is 5.69 Å². The van der Waals surface area contributed by atoms with Gasteiger partial charge >= 0.3 is 12.0 Å². The molecule has 9 nitrogen and oxygen atoms in total. The van der Waals surface area contributed by atoms with Crippen molar-refractivity contribution in [2.45, 2.75) is 45.3 Å². The summed E-state index contributed by atoms with van der Waals surface area (Å²) in [4.78, 5) is 35.3. The van der Waals surface area contributed by atoms with E-state index in [1.807, 2.05) is 35.2 Å². The fraction of sp³-hybridized carbons (Fsp3) is 0.423. The number of carbonyl (C=O) groups excluding carboxylic acids is 2. The molecule has 0 radical (unpaired) electrons. The van der Waals surface area contributed by atoms with Crippen molar-refractivity contribution < 1.29 is 19.1 Å². The number of nitrogens with zero attached hydrogens (tertiary/aromatic N) is 5. The van der Waals surface area contributed by atoms with Gasteiger partial charge in [0.2, 0.25) is 0 Å². The largest absolute Gasteiger partial charge is 0.490 e. The van der Waals surface area contributed by atoms with Crippen LogP contribution in [-0.2, 0) is 4.74 Å². The van der Waals surface area contributed by atoms with Crippen LogP contribution in [0.25, 0.3) is 11.3 Å². The molecule has 2 aliphatic rings. The van der Waals surface area contributed by atoms with Crippen molar-refractivity contribution in [2.75, 3.05) is 13.1 Å². The highest BCUT2D eigenvalue weighted by Crippen LogP contribution is 2.40. The molecule has 3 heterocycles. The normalized spacial score (nSPS) is 21.6. The first kappa shape index (κ1) is 23.0. The van der Waals surface area contributed by atoms with E-state index in [1.54, 1.807) is 27.0 Å². The Morgan fingerprint density at radius 3 is 2.51 bits per heavy atom. The minimum Gasteiger partial charge on any atom is -0.490 e. The van der Waals surface area contributed by atoms with Gasteiger partial charge in [0.1, 0.15) is 17.7 Å². The van der Waals surface area contributed by atoms with Gasteiger partial charge in [0, 0.05) is 31.0 Å². The standard InChI is InChI=1S/C26H29N5O4/c1-26(2,3)35-24(32)23-8-10-31(29-23)25(33)30-14-18-12-21(13-19(18)15-30)34-20-6-4-5-17(11-20)22-7-9-27-16-28-22/h4-11,16,18-19,21H,12-15H2,1-3H3/t18-,19?,21+/m0/s1. The molecule has 2 aromatic heterocycles. The van der Waals surface area contributed by atoms with Crippen LogP contribution < -0.4 is 4.74 Å². The summed E-state index contributed by atoms with van der Waals surface area (Å²) in [5.41, 5.74) is 1.36. The van der Waals surface area contributed by atoms with Crippen LogP contribution >= 0.6 is 0 Å². The van der Waals surface area contributed by atoms with Crippen molar-refractivity contribution in [1.29, 1.82) is 0 Å². The van der Waals surface area contributed by atoms with E-state index in [4.69, 9.17) is 9.47 Å². The van der Waals surface area contributed by atoms with Gasteiger partial charge in [-0.1, -0.05) is 12.1 Å². The second-order valence-electron chi connectivity index (χ2n) is 10.2. The monoisotopic (exact) mass is 475 g/mol. The molecule has 1 amide bonds. The van der Waals surface area contributed by atoms with Crippen molar-refractivity contribution in [3.63, 3.8) is 0 Å². The Morgan fingerprint density at radius 2 is 1.83 bits per heavy atom. The van der Waals surface area contributed by atoms with Crippen LogP contribution in [0, 0.1) is 11.8 Å². The molecule has 1 aliphatic carbocycles. The Morgan fingerprint density at radius 1 is 1.06 bits per heavy atom. The van der Waals surface area contributed by atoms with E-state index in [1.165, 1.54) is 23.3 Å². The average Bonchev–Trinajstić information content (AvgIpc) is 3.54. The van der Waals surface area contributed by atoms with Crippen molar-refractivity contribution in [2.24, 2.45) is 11.8 Å². The van der Waals surface area contributed by atoms with Crippen molar-refractivity contribution >= 4 is 12.0 Å². The Kier molecular flexibility index (Phi) is 6.00. The molecular weight excluding hydrogens is 446 g/mol. The highest BCUT2D eigenvalue weighted by atomic mass is 16.6. The summed E-state index contributed by atoms with van der Waals surface area (Å²) >= 11 is 0. The minimum absolute atomic E-state index is 0.117. The molecule has 0 spiro atoms. The maximum Gasteiger partial charge on any atom is 0.359 e. The van der Waals surface area contributed by atoms with Crippen LogP contribution in [0.4, 0.5) is 4.79 Å². The molecule has 3 atom stereocenters. The van der Waals surface area contributed by atoms with E-state index in [2.05, 4.69) is 15.1 Å². The fourth-order valence-corrected chi connectivity index (χ4v) is 4.89. The minimum atomic E-state index is -0.618. The molecule has 3 aromatic rings. The lowest BCUT2D eigenvalue weighted by atomic mass is 10.0. The predicted molar refractivity (Wildman–Crippen MR) is 128 cm³/mol. The van der Waals surface area contributed by atoms with Crippen molar-refractivity contribution in [3.05, 3.63) is 60.8 Å². The zero-order valence-electron chi connectivity index (χ0n) is 20.1. The second-order valence-corrected chi connectivity index (χ2v) is 10.2. The predicted octanol–water partition coefficient (Wildman–Crippen LogP) is 4.05. The Balaban J connectivity index is 1.17. The Labute approximate surface area is 204 Å². The topological polar surface area (TPSA) is 99.4 Å². The quantitative estimate of drug-likeness (QED) is 0.525. The molecule has 2 fully saturated rings. The van der Waals surface area contributed by atoms with E-state index in [0.717, 1.165) is 29.8 Å². The molecule has 9 heteroatoms. The van der Waals surface area contributed by atoms with Crippen LogP contribution in [0.15, 0.2) is 55.1 Å². The van der Waals surface area contributed by atoms with E-state index >= 15 is 0 Å². The van der Waals surface area contributed by atoms with Gasteiger partial charge in [-0.15, -0.1) is 0 Å². The van der Waals surface area contributed by atoms with Gasteiger partial charge in [-0.2, -0.15) is 9.78 Å². The molecule has 5 rings (SSSR count). The molecule has 1 saturated carbocycles. The van der Waals surface area contributed by atoms with Crippen LogP contribution in [0.1, 0.15) is 44.1 Å². The summed E-state index contributed by atoms with van der Waals surface area (Å²) in [6, 6.07) is 11.1. The smallest absolute Gasteiger partial charge is 0.359 e. The number of aromatic nitrogens is 4. The number of rotatable bonds is 4. The average molecular weight is 476 g/mol. The zero-order chi connectivity index (χ0) is 24.6. The lowest BCUT2D eigenvalue weighted by Gasteiger charge is -2.20. The number of fused-ring (bicyclic) bond motifs is 1. The molecular formula is C26H29N5O4. The first-order valence-corrected chi connectivity index (χ1v) is 11.9. The molecule has 0 bridgehead atoms. The van der Waals surface area contributed by atoms with Gasteiger partial charge in [0.25, 0.3) is 0 Å². The first-order valence-electron chi connectivity index (χ1n) is 11.9. The molecule has 35 heavy (non-hydrogen) atoms. The Hall–Kier alpha value is -3.75. The second kappa shape index (κ2) is 9.13. The van der Waals surface area contributed by atoms with Gasteiger partial charge in [-0.3, -0.25) is 0 Å². The van der Waals surface area contributed by atoms with Gasteiger partial charge in [0.05, 0.1) is 11.8 Å². The zero-order valence-corrected chi connectivity index (χ0v) is 20.1. The summed E-state index contributed by atoms with van der Waals surface area (Å²) in [6.07, 6.45) is 6.69. The highest BCUT2D eigenvalue weighted by molar-refractivity contribution is 5.88. The SMILES string of the molecule is CC(C)(C)OC(=O)c1ccn(C(=O)N2CC3C[C@H](Oc4cccc(-c5ccncn5)c4)C[C@H]3C2)n1. The number of likely N-dealkylation sites (tertiary alicyclic amines) is 1. The fourth-order valence-electron chi connectivity index (χ4n) is 4.89. The maximum atomic E-state index is 13.0. The van der Waals surface area contributed by atoms with Crippen LogP contribution in [0.3, 0.4) is 0 Å². The molecule has 1 aromatic carbocycles. The van der Waals surface area contributed by atoms with E-state index in [-0.39, 0.29) is 17.8 Å². The number of hydrogen-bond donors (Lipinski definition) is 0. The van der Waals surface area contributed by atoms with Crippen molar-refractivity contribution in [1.82, 2.24) is 24.6 Å². The molecule has 1 unspecified atom stereocenters. The van der Waals surface area contributed by atoms with Crippen LogP contribution in [-0.4, -0.2) is 61.4 Å². The molecule has 0 N–H and O–H groups in total. The number of esters is 1. The third-order valence-electron chi connectivity index (χ3n) is 6.39. The van der Waals surface area contributed by atoms with Gasteiger partial charge in [-0.25, -0.2) is 19.6 Å². The third-order valence-corrected chi connectivity index (χ3v) is 6.39. The Bertz CT molecular complexity index is 1210. The summed E-state index contributed by atoms with van der Waals surface area (Å²) < 4.78 is 12.9. The number of ether oxygens (including phenoxy) is 2. The molecule has 1 saturated heterocycles.